The average Bonchev–Trinajstić information content (AvgIpc) is 2.68. The summed E-state index contributed by atoms with van der Waals surface area (Å²) in [7, 11) is -3.44. The van der Waals surface area contributed by atoms with Gasteiger partial charge in [-0.2, -0.15) is 9.57 Å². The third kappa shape index (κ3) is 3.84. The van der Waals surface area contributed by atoms with Crippen LogP contribution in [0.3, 0.4) is 0 Å². The van der Waals surface area contributed by atoms with E-state index in [0.717, 1.165) is 0 Å². The average molecular weight is 363 g/mol. The van der Waals surface area contributed by atoms with Gasteiger partial charge >= 0.3 is 0 Å². The van der Waals surface area contributed by atoms with Gasteiger partial charge in [-0.25, -0.2) is 8.42 Å². The Kier molecular flexibility index (Phi) is 5.37. The third-order valence-corrected chi connectivity index (χ3v) is 6.97. The number of amides is 1. The second kappa shape index (κ2) is 7.52. The van der Waals surface area contributed by atoms with Crippen molar-refractivity contribution in [1.82, 2.24) is 9.21 Å². The molecule has 1 aromatic carbocycles. The lowest BCUT2D eigenvalue weighted by atomic mass is 10.1. The lowest BCUT2D eigenvalue weighted by molar-refractivity contribution is 0.0686. The van der Waals surface area contributed by atoms with Crippen molar-refractivity contribution in [3.8, 4) is 6.07 Å². The Bertz CT molecular complexity index is 781. The molecule has 1 unspecified atom stereocenters. The first-order valence-electron chi connectivity index (χ1n) is 8.38. The maximum absolute atomic E-state index is 12.8. The number of carbonyl (C=O) groups excluding carboxylic acids is 1. The molecule has 134 valence electrons. The zero-order valence-corrected chi connectivity index (χ0v) is 14.7. The summed E-state index contributed by atoms with van der Waals surface area (Å²) in [6, 6.07) is 8.52. The fourth-order valence-electron chi connectivity index (χ4n) is 3.28. The molecule has 2 aliphatic rings. The topological polar surface area (TPSA) is 90.7 Å². The molecule has 0 radical (unpaired) electrons. The van der Waals surface area contributed by atoms with E-state index in [9.17, 15) is 13.2 Å². The highest BCUT2D eigenvalue weighted by Gasteiger charge is 2.37. The van der Waals surface area contributed by atoms with Gasteiger partial charge in [0.1, 0.15) is 0 Å². The highest BCUT2D eigenvalue weighted by Crippen LogP contribution is 2.22. The number of benzene rings is 1. The summed E-state index contributed by atoms with van der Waals surface area (Å²) in [6.07, 6.45) is 1.21. The zero-order chi connectivity index (χ0) is 17.9. The Hall–Kier alpha value is -1.95. The van der Waals surface area contributed by atoms with E-state index in [1.54, 1.807) is 29.2 Å². The van der Waals surface area contributed by atoms with Crippen LogP contribution in [-0.4, -0.2) is 68.2 Å². The van der Waals surface area contributed by atoms with Crippen molar-refractivity contribution in [3.05, 3.63) is 35.4 Å². The molecule has 0 aromatic heterocycles. The molecule has 0 N–H and O–H groups in total. The number of sulfonamides is 1. The number of carbonyl (C=O) groups is 1. The summed E-state index contributed by atoms with van der Waals surface area (Å²) in [4.78, 5) is 14.3. The molecule has 1 aromatic rings. The fourth-order valence-corrected chi connectivity index (χ4v) is 5.19. The van der Waals surface area contributed by atoms with Crippen molar-refractivity contribution in [2.75, 3.05) is 39.4 Å². The van der Waals surface area contributed by atoms with Crippen LogP contribution in [0.2, 0.25) is 0 Å². The van der Waals surface area contributed by atoms with E-state index in [1.165, 1.54) is 4.31 Å². The molecular weight excluding hydrogens is 342 g/mol. The van der Waals surface area contributed by atoms with Crippen LogP contribution in [0.25, 0.3) is 0 Å². The van der Waals surface area contributed by atoms with Crippen LogP contribution in [0.15, 0.2) is 24.3 Å². The van der Waals surface area contributed by atoms with Gasteiger partial charge in [0.25, 0.3) is 5.91 Å². The lowest BCUT2D eigenvalue weighted by Gasteiger charge is -2.36. The fraction of sp³-hybridized carbons (Fsp3) is 0.529. The monoisotopic (exact) mass is 363 g/mol. The summed E-state index contributed by atoms with van der Waals surface area (Å²) in [5.74, 6) is -0.223. The van der Waals surface area contributed by atoms with Crippen LogP contribution < -0.4 is 0 Å². The summed E-state index contributed by atoms with van der Waals surface area (Å²) in [5.41, 5.74) is 0.837. The molecule has 3 rings (SSSR count). The molecule has 8 heteroatoms. The maximum atomic E-state index is 12.8. The number of nitriles is 1. The molecule has 0 spiro atoms. The van der Waals surface area contributed by atoms with Crippen molar-refractivity contribution >= 4 is 15.9 Å². The van der Waals surface area contributed by atoms with Crippen molar-refractivity contribution in [1.29, 1.82) is 5.26 Å². The first kappa shape index (κ1) is 17.9. The molecule has 0 saturated carbocycles. The van der Waals surface area contributed by atoms with E-state index in [2.05, 4.69) is 0 Å². The van der Waals surface area contributed by atoms with E-state index in [4.69, 9.17) is 10.00 Å². The number of hydrogen-bond acceptors (Lipinski definition) is 5. The van der Waals surface area contributed by atoms with Crippen molar-refractivity contribution in [2.45, 2.75) is 18.1 Å². The minimum atomic E-state index is -3.44. The summed E-state index contributed by atoms with van der Waals surface area (Å²) < 4.78 is 32.4. The molecule has 1 amide bonds. The minimum absolute atomic E-state index is 0.190. The standard InChI is InChI=1S/C17H21N3O4S/c18-12-14-3-1-4-15(11-14)17(21)19-6-2-5-16(13-19)25(22,23)20-7-9-24-10-8-20/h1,3-4,11,16H,2,5-10,13H2. The second-order valence-corrected chi connectivity index (χ2v) is 8.48. The largest absolute Gasteiger partial charge is 0.379 e. The second-order valence-electron chi connectivity index (χ2n) is 6.26. The SMILES string of the molecule is N#Cc1cccc(C(=O)N2CCCC(S(=O)(=O)N3CCOCC3)C2)c1. The molecule has 7 nitrogen and oxygen atoms in total. The van der Waals surface area contributed by atoms with Gasteiger partial charge in [-0.1, -0.05) is 6.07 Å². The third-order valence-electron chi connectivity index (χ3n) is 4.66. The quantitative estimate of drug-likeness (QED) is 0.793. The van der Waals surface area contributed by atoms with Crippen LogP contribution in [0.5, 0.6) is 0 Å². The van der Waals surface area contributed by atoms with E-state index in [-0.39, 0.29) is 12.5 Å². The number of morpholine rings is 1. The van der Waals surface area contributed by atoms with Gasteiger partial charge in [0.05, 0.1) is 30.1 Å². The zero-order valence-electron chi connectivity index (χ0n) is 13.9. The summed E-state index contributed by atoms with van der Waals surface area (Å²) >= 11 is 0. The highest BCUT2D eigenvalue weighted by atomic mass is 32.2. The Labute approximate surface area is 147 Å². The van der Waals surface area contributed by atoms with Crippen LogP contribution in [-0.2, 0) is 14.8 Å². The Morgan fingerprint density at radius 2 is 2.00 bits per heavy atom. The molecule has 2 heterocycles. The molecule has 25 heavy (non-hydrogen) atoms. The number of hydrogen-bond donors (Lipinski definition) is 0. The van der Waals surface area contributed by atoms with Crippen molar-refractivity contribution in [3.63, 3.8) is 0 Å². The van der Waals surface area contributed by atoms with Crippen LogP contribution >= 0.6 is 0 Å². The molecule has 1 atom stereocenters. The molecule has 2 aliphatic heterocycles. The molecule has 2 fully saturated rings. The van der Waals surface area contributed by atoms with E-state index < -0.39 is 15.3 Å². The van der Waals surface area contributed by atoms with Gasteiger partial charge in [-0.3, -0.25) is 4.79 Å². The highest BCUT2D eigenvalue weighted by molar-refractivity contribution is 7.89. The Morgan fingerprint density at radius 3 is 2.72 bits per heavy atom. The van der Waals surface area contributed by atoms with Crippen molar-refractivity contribution in [2.24, 2.45) is 0 Å². The van der Waals surface area contributed by atoms with E-state index >= 15 is 0 Å². The van der Waals surface area contributed by atoms with Crippen LogP contribution in [0.1, 0.15) is 28.8 Å². The van der Waals surface area contributed by atoms with Crippen LogP contribution in [0.4, 0.5) is 0 Å². The molecule has 0 bridgehead atoms. The van der Waals surface area contributed by atoms with Gasteiger partial charge in [-0.05, 0) is 31.0 Å². The van der Waals surface area contributed by atoms with Crippen molar-refractivity contribution < 1.29 is 17.9 Å². The number of piperidine rings is 1. The first-order valence-corrected chi connectivity index (χ1v) is 9.89. The number of ether oxygens (including phenoxy) is 1. The van der Waals surface area contributed by atoms with Gasteiger partial charge < -0.3 is 9.64 Å². The lowest BCUT2D eigenvalue weighted by Crippen LogP contribution is -2.51. The van der Waals surface area contributed by atoms with Gasteiger partial charge in [0, 0.05) is 31.7 Å². The minimum Gasteiger partial charge on any atom is -0.379 e. The molecular formula is C17H21N3O4S. The predicted octanol–water partition coefficient (Wildman–Crippen LogP) is 0.825. The Balaban J connectivity index is 1.74. The smallest absolute Gasteiger partial charge is 0.253 e. The number of likely N-dealkylation sites (tertiary alicyclic amines) is 1. The molecule has 2 saturated heterocycles. The van der Waals surface area contributed by atoms with Gasteiger partial charge in [-0.15, -0.1) is 0 Å². The number of nitrogens with zero attached hydrogens (tertiary/aromatic N) is 3. The van der Waals surface area contributed by atoms with E-state index in [1.807, 2.05) is 6.07 Å². The van der Waals surface area contributed by atoms with Crippen LogP contribution in [0, 0.1) is 11.3 Å². The number of rotatable bonds is 3. The van der Waals surface area contributed by atoms with Gasteiger partial charge in [0.15, 0.2) is 0 Å². The Morgan fingerprint density at radius 1 is 1.24 bits per heavy atom. The van der Waals surface area contributed by atoms with Gasteiger partial charge in [0.2, 0.25) is 10.0 Å². The maximum Gasteiger partial charge on any atom is 0.253 e. The van der Waals surface area contributed by atoms with E-state index in [0.29, 0.717) is 56.8 Å². The normalized spacial score (nSPS) is 22.4. The summed E-state index contributed by atoms with van der Waals surface area (Å²) in [5, 5.41) is 8.40. The first-order chi connectivity index (χ1) is 12.0. The predicted molar refractivity (Wildman–Crippen MR) is 91.4 cm³/mol. The summed E-state index contributed by atoms with van der Waals surface area (Å²) in [6.45, 7) is 2.29. The molecule has 0 aliphatic carbocycles.